The lowest BCUT2D eigenvalue weighted by Gasteiger charge is -2.37. The third-order valence-corrected chi connectivity index (χ3v) is 3.63. The fourth-order valence-electron chi connectivity index (χ4n) is 2.46. The fourth-order valence-corrected chi connectivity index (χ4v) is 2.76. The summed E-state index contributed by atoms with van der Waals surface area (Å²) in [7, 11) is 1.92. The van der Waals surface area contributed by atoms with Gasteiger partial charge in [0.1, 0.15) is 23.8 Å². The highest BCUT2D eigenvalue weighted by atomic mass is 32.1. The summed E-state index contributed by atoms with van der Waals surface area (Å²) in [5.41, 5.74) is 1.93. The van der Waals surface area contributed by atoms with E-state index < -0.39 is 0 Å². The lowest BCUT2D eigenvalue weighted by Crippen LogP contribution is -2.30. The van der Waals surface area contributed by atoms with E-state index in [4.69, 9.17) is 10.5 Å². The number of rotatable bonds is 3. The summed E-state index contributed by atoms with van der Waals surface area (Å²) < 4.78 is 0. The molecule has 0 N–H and O–H groups in total. The van der Waals surface area contributed by atoms with Crippen LogP contribution in [0.2, 0.25) is 0 Å². The normalized spacial score (nSPS) is 16.9. The van der Waals surface area contributed by atoms with E-state index >= 15 is 0 Å². The van der Waals surface area contributed by atoms with E-state index in [9.17, 15) is 5.26 Å². The Morgan fingerprint density at radius 2 is 1.85 bits per heavy atom. The Kier molecular flexibility index (Phi) is 5.26. The highest BCUT2D eigenvalue weighted by molar-refractivity contribution is 7.80. The van der Waals surface area contributed by atoms with Crippen molar-refractivity contribution in [3.8, 4) is 18.2 Å². The quantitative estimate of drug-likeness (QED) is 0.639. The zero-order valence-electron chi connectivity index (χ0n) is 12.1. The van der Waals surface area contributed by atoms with Gasteiger partial charge in [0.2, 0.25) is 0 Å². The summed E-state index contributed by atoms with van der Waals surface area (Å²) in [6.07, 6.45) is 1.33. The van der Waals surface area contributed by atoms with Crippen LogP contribution in [0.5, 0.6) is 0 Å². The van der Waals surface area contributed by atoms with Gasteiger partial charge in [-0.15, -0.1) is 0 Å². The SMILES string of the molecule is CN(CCS)C1=C(C#N)C(=C(C#N)C#N)CC(C)(C)C1. The Labute approximate surface area is 126 Å². The Morgan fingerprint density at radius 3 is 2.30 bits per heavy atom. The van der Waals surface area contributed by atoms with E-state index in [1.165, 1.54) is 0 Å². The van der Waals surface area contributed by atoms with Gasteiger partial charge in [-0.25, -0.2) is 0 Å². The monoisotopic (exact) mass is 286 g/mol. The van der Waals surface area contributed by atoms with Gasteiger partial charge >= 0.3 is 0 Å². The predicted octanol–water partition coefficient (Wildman–Crippen LogP) is 2.79. The molecule has 0 aromatic carbocycles. The van der Waals surface area contributed by atoms with Gasteiger partial charge < -0.3 is 4.90 Å². The summed E-state index contributed by atoms with van der Waals surface area (Å²) >= 11 is 4.22. The minimum absolute atomic E-state index is 0.0473. The summed E-state index contributed by atoms with van der Waals surface area (Å²) in [5, 5.41) is 27.7. The molecule has 0 aromatic rings. The zero-order chi connectivity index (χ0) is 15.3. The fraction of sp³-hybridized carbons (Fsp3) is 0.533. The van der Waals surface area contributed by atoms with E-state index in [2.05, 4.69) is 32.5 Å². The van der Waals surface area contributed by atoms with Gasteiger partial charge in [-0.05, 0) is 18.3 Å². The first-order chi connectivity index (χ1) is 9.40. The smallest absolute Gasteiger partial charge is 0.134 e. The van der Waals surface area contributed by atoms with Crippen LogP contribution >= 0.6 is 12.6 Å². The van der Waals surface area contributed by atoms with Crippen LogP contribution in [0.1, 0.15) is 26.7 Å². The summed E-state index contributed by atoms with van der Waals surface area (Å²) in [6.45, 7) is 4.89. The molecule has 0 saturated heterocycles. The minimum atomic E-state index is -0.0746. The predicted molar refractivity (Wildman–Crippen MR) is 80.4 cm³/mol. The van der Waals surface area contributed by atoms with E-state index in [1.807, 2.05) is 24.1 Å². The van der Waals surface area contributed by atoms with E-state index in [-0.39, 0.29) is 11.0 Å². The zero-order valence-corrected chi connectivity index (χ0v) is 13.0. The highest BCUT2D eigenvalue weighted by Crippen LogP contribution is 2.43. The van der Waals surface area contributed by atoms with E-state index in [0.717, 1.165) is 18.7 Å². The third kappa shape index (κ3) is 3.35. The Morgan fingerprint density at radius 1 is 1.25 bits per heavy atom. The van der Waals surface area contributed by atoms with Crippen LogP contribution in [0, 0.1) is 39.4 Å². The van der Waals surface area contributed by atoms with Crippen LogP contribution in [-0.2, 0) is 0 Å². The van der Waals surface area contributed by atoms with Gasteiger partial charge in [0.15, 0.2) is 0 Å². The van der Waals surface area contributed by atoms with Crippen LogP contribution in [0.15, 0.2) is 22.4 Å². The largest absolute Gasteiger partial charge is 0.376 e. The molecule has 0 spiro atoms. The Hall–Kier alpha value is -1.90. The average molecular weight is 286 g/mol. The number of hydrogen-bond donors (Lipinski definition) is 1. The van der Waals surface area contributed by atoms with Gasteiger partial charge in [0.05, 0.1) is 5.57 Å². The summed E-state index contributed by atoms with van der Waals surface area (Å²) in [6, 6.07) is 6.01. The van der Waals surface area contributed by atoms with Crippen LogP contribution in [0.4, 0.5) is 0 Å². The molecule has 0 atom stereocenters. The minimum Gasteiger partial charge on any atom is -0.376 e. The van der Waals surface area contributed by atoms with Crippen molar-refractivity contribution in [2.45, 2.75) is 26.7 Å². The van der Waals surface area contributed by atoms with Crippen LogP contribution in [-0.4, -0.2) is 24.2 Å². The second-order valence-electron chi connectivity index (χ2n) is 5.67. The molecule has 20 heavy (non-hydrogen) atoms. The van der Waals surface area contributed by atoms with Crippen molar-refractivity contribution >= 4 is 12.6 Å². The van der Waals surface area contributed by atoms with Crippen molar-refractivity contribution in [2.24, 2.45) is 5.41 Å². The highest BCUT2D eigenvalue weighted by Gasteiger charge is 2.33. The average Bonchev–Trinajstić information content (AvgIpc) is 2.39. The van der Waals surface area contributed by atoms with Crippen LogP contribution in [0.3, 0.4) is 0 Å². The molecule has 0 unspecified atom stereocenters. The van der Waals surface area contributed by atoms with E-state index in [0.29, 0.717) is 23.3 Å². The molecule has 0 heterocycles. The van der Waals surface area contributed by atoms with Crippen molar-refractivity contribution in [3.05, 3.63) is 22.4 Å². The second kappa shape index (κ2) is 6.51. The molecule has 0 bridgehead atoms. The number of nitriles is 3. The molecule has 1 aliphatic carbocycles. The maximum atomic E-state index is 9.45. The maximum absolute atomic E-state index is 9.45. The summed E-state index contributed by atoms with van der Waals surface area (Å²) in [5.74, 6) is 0.682. The molecule has 1 rings (SSSR count). The first kappa shape index (κ1) is 16.2. The molecule has 0 aliphatic heterocycles. The molecule has 0 aromatic heterocycles. The Balaban J connectivity index is 3.51. The van der Waals surface area contributed by atoms with Gasteiger partial charge in [-0.1, -0.05) is 13.8 Å². The number of hydrogen-bond acceptors (Lipinski definition) is 5. The van der Waals surface area contributed by atoms with Gasteiger partial charge in [-0.3, -0.25) is 0 Å². The molecule has 0 amide bonds. The van der Waals surface area contributed by atoms with E-state index in [1.54, 1.807) is 0 Å². The lowest BCUT2D eigenvalue weighted by atomic mass is 9.72. The van der Waals surface area contributed by atoms with Gasteiger partial charge in [-0.2, -0.15) is 28.4 Å². The standard InChI is InChI=1S/C15H18N4S/c1-15(2)6-12(11(8-16)9-17)13(10-18)14(7-15)19(3)4-5-20/h20H,4-7H2,1-3H3. The third-order valence-electron chi connectivity index (χ3n) is 3.43. The molecular weight excluding hydrogens is 268 g/mol. The molecule has 0 saturated carbocycles. The van der Waals surface area contributed by atoms with Crippen LogP contribution in [0.25, 0.3) is 0 Å². The summed E-state index contributed by atoms with van der Waals surface area (Å²) in [4.78, 5) is 2.00. The molecule has 5 heteroatoms. The van der Waals surface area contributed by atoms with Crippen molar-refractivity contribution in [2.75, 3.05) is 19.3 Å². The maximum Gasteiger partial charge on any atom is 0.134 e. The molecule has 104 valence electrons. The van der Waals surface area contributed by atoms with Crippen molar-refractivity contribution in [1.29, 1.82) is 15.8 Å². The van der Waals surface area contributed by atoms with Crippen molar-refractivity contribution in [3.63, 3.8) is 0 Å². The van der Waals surface area contributed by atoms with Crippen molar-refractivity contribution < 1.29 is 0 Å². The van der Waals surface area contributed by atoms with Crippen LogP contribution < -0.4 is 0 Å². The first-order valence-corrected chi connectivity index (χ1v) is 7.02. The number of thiol groups is 1. The van der Waals surface area contributed by atoms with Gasteiger partial charge in [0, 0.05) is 30.6 Å². The molecule has 0 fully saturated rings. The molecule has 0 radical (unpaired) electrons. The second-order valence-corrected chi connectivity index (χ2v) is 6.12. The number of allylic oxidation sites excluding steroid dienone is 4. The molecule has 1 aliphatic rings. The van der Waals surface area contributed by atoms with Crippen molar-refractivity contribution in [1.82, 2.24) is 4.90 Å². The van der Waals surface area contributed by atoms with Gasteiger partial charge in [0.25, 0.3) is 0 Å². The lowest BCUT2D eigenvalue weighted by molar-refractivity contribution is 0.292. The molecule has 4 nitrogen and oxygen atoms in total. The number of nitrogens with zero attached hydrogens (tertiary/aromatic N) is 4. The molecular formula is C15H18N4S. The topological polar surface area (TPSA) is 74.6 Å². The Bertz CT molecular complexity index is 562. The first-order valence-electron chi connectivity index (χ1n) is 6.39.